The number of aryl methyl sites for hydroxylation is 1. The Hall–Kier alpha value is -3.50. The molecule has 196 valence electrons. The van der Waals surface area contributed by atoms with Crippen molar-refractivity contribution >= 4 is 40.1 Å². The van der Waals surface area contributed by atoms with Crippen LogP contribution in [0.4, 0.5) is 0 Å². The van der Waals surface area contributed by atoms with Crippen molar-refractivity contribution in [3.8, 4) is 22.5 Å². The maximum Gasteiger partial charge on any atom is 0.350 e. The third-order valence-corrected chi connectivity index (χ3v) is 8.56. The number of hydrogen-bond acceptors (Lipinski definition) is 8. The van der Waals surface area contributed by atoms with Gasteiger partial charge in [0.25, 0.3) is 0 Å². The van der Waals surface area contributed by atoms with Gasteiger partial charge in [0, 0.05) is 16.2 Å². The molecule has 0 saturated carbocycles. The Labute approximate surface area is 229 Å². The molecule has 38 heavy (non-hydrogen) atoms. The fraction of sp³-hybridized carbons (Fsp3) is 0.321. The number of thiophene rings is 1. The number of unbranched alkanes of at least 4 members (excludes halogenated alkanes) is 3. The lowest BCUT2D eigenvalue weighted by Crippen LogP contribution is -2.06. The van der Waals surface area contributed by atoms with Crippen molar-refractivity contribution in [2.45, 2.75) is 51.2 Å². The van der Waals surface area contributed by atoms with Gasteiger partial charge in [-0.25, -0.2) is 9.78 Å². The number of nitrogens with one attached hydrogen (secondary N) is 1. The normalized spacial score (nSPS) is 11.3. The van der Waals surface area contributed by atoms with Crippen LogP contribution >= 0.6 is 23.1 Å². The summed E-state index contributed by atoms with van der Waals surface area (Å²) in [7, 11) is 1.42. The molecule has 0 unspecified atom stereocenters. The highest BCUT2D eigenvalue weighted by Gasteiger charge is 2.24. The topological polar surface area (TPSA) is 98.6 Å². The fourth-order valence-corrected chi connectivity index (χ4v) is 6.55. The summed E-state index contributed by atoms with van der Waals surface area (Å²) in [6.07, 6.45) is 4.79. The van der Waals surface area contributed by atoms with Crippen molar-refractivity contribution in [2.75, 3.05) is 12.9 Å². The number of aromatic amines is 1. The van der Waals surface area contributed by atoms with Crippen LogP contribution in [0.3, 0.4) is 0 Å². The minimum Gasteiger partial charge on any atom is -0.465 e. The fourth-order valence-electron chi connectivity index (χ4n) is 4.54. The number of esters is 1. The molecule has 2 aromatic carbocycles. The Kier molecular flexibility index (Phi) is 8.19. The van der Waals surface area contributed by atoms with Crippen LogP contribution in [0.25, 0.3) is 33.5 Å². The molecule has 0 amide bonds. The highest BCUT2D eigenvalue weighted by Crippen LogP contribution is 2.37. The molecule has 5 aromatic rings. The van der Waals surface area contributed by atoms with Crippen molar-refractivity contribution in [1.82, 2.24) is 30.2 Å². The largest absolute Gasteiger partial charge is 0.465 e. The summed E-state index contributed by atoms with van der Waals surface area (Å²) in [6, 6.07) is 16.5. The van der Waals surface area contributed by atoms with Crippen molar-refractivity contribution in [2.24, 2.45) is 0 Å². The number of imidazole rings is 1. The molecule has 0 aliphatic carbocycles. The van der Waals surface area contributed by atoms with Crippen LogP contribution in [0.1, 0.15) is 52.7 Å². The molecule has 5 rings (SSSR count). The predicted octanol–water partition coefficient (Wildman–Crippen LogP) is 6.76. The number of hydrogen-bond donors (Lipinski definition) is 1. The Balaban J connectivity index is 1.57. The zero-order valence-electron chi connectivity index (χ0n) is 21.7. The van der Waals surface area contributed by atoms with Crippen LogP contribution in [0.15, 0.2) is 53.7 Å². The summed E-state index contributed by atoms with van der Waals surface area (Å²) in [4.78, 5) is 19.3. The van der Waals surface area contributed by atoms with Crippen LogP contribution in [0.2, 0.25) is 0 Å². The summed E-state index contributed by atoms with van der Waals surface area (Å²) >= 11 is 3.19. The molecule has 0 atom stereocenters. The Morgan fingerprint density at radius 1 is 1.11 bits per heavy atom. The first-order valence-electron chi connectivity index (χ1n) is 12.7. The average Bonchev–Trinajstić information content (AvgIpc) is 3.67. The molecule has 0 aliphatic rings. The van der Waals surface area contributed by atoms with Crippen LogP contribution in [-0.4, -0.2) is 49.0 Å². The minimum absolute atomic E-state index is 0.333. The molecular formula is C28H30N6O2S2. The van der Waals surface area contributed by atoms with E-state index in [2.05, 4.69) is 62.4 Å². The van der Waals surface area contributed by atoms with E-state index < -0.39 is 0 Å². The first kappa shape index (κ1) is 26.1. The van der Waals surface area contributed by atoms with Crippen molar-refractivity contribution in [1.29, 1.82) is 0 Å². The molecule has 0 bridgehead atoms. The predicted molar refractivity (Wildman–Crippen MR) is 153 cm³/mol. The molecule has 0 radical (unpaired) electrons. The Morgan fingerprint density at radius 2 is 1.95 bits per heavy atom. The van der Waals surface area contributed by atoms with Crippen molar-refractivity contribution in [3.63, 3.8) is 0 Å². The van der Waals surface area contributed by atoms with Gasteiger partial charge in [-0.15, -0.1) is 21.5 Å². The first-order valence-corrected chi connectivity index (χ1v) is 14.5. The zero-order valence-corrected chi connectivity index (χ0v) is 23.4. The summed E-state index contributed by atoms with van der Waals surface area (Å²) in [6.45, 7) is 4.78. The van der Waals surface area contributed by atoms with E-state index >= 15 is 0 Å². The monoisotopic (exact) mass is 546 g/mol. The van der Waals surface area contributed by atoms with E-state index in [0.29, 0.717) is 17.2 Å². The molecule has 0 spiro atoms. The van der Waals surface area contributed by atoms with E-state index in [1.54, 1.807) is 11.8 Å². The van der Waals surface area contributed by atoms with Gasteiger partial charge in [-0.3, -0.25) is 0 Å². The van der Waals surface area contributed by atoms with Gasteiger partial charge in [0.05, 0.1) is 19.2 Å². The smallest absolute Gasteiger partial charge is 0.350 e. The molecule has 3 heterocycles. The number of methoxy groups -OCH3 is 1. The number of aromatic nitrogens is 6. The summed E-state index contributed by atoms with van der Waals surface area (Å²) in [5.41, 5.74) is 5.75. The number of rotatable bonds is 11. The summed E-state index contributed by atoms with van der Waals surface area (Å²) in [5.74, 6) is 1.19. The lowest BCUT2D eigenvalue weighted by atomic mass is 9.97. The molecule has 0 fully saturated rings. The molecular weight excluding hydrogens is 516 g/mol. The van der Waals surface area contributed by atoms with Gasteiger partial charge < -0.3 is 9.30 Å². The van der Waals surface area contributed by atoms with E-state index in [-0.39, 0.29) is 5.97 Å². The average molecular weight is 547 g/mol. The van der Waals surface area contributed by atoms with Gasteiger partial charge >= 0.3 is 5.97 Å². The molecule has 1 N–H and O–H groups in total. The van der Waals surface area contributed by atoms with Gasteiger partial charge in [0.2, 0.25) is 5.82 Å². The Bertz CT molecular complexity index is 1530. The van der Waals surface area contributed by atoms with E-state index in [4.69, 9.17) is 9.72 Å². The van der Waals surface area contributed by atoms with Crippen molar-refractivity contribution < 1.29 is 9.53 Å². The SMILES string of the molecule is CCCCCCSc1nc2c(C)sc(C(=O)OC)c2n1Cc1ccc(-c2ccccc2)c(-c2nn[nH]n2)c1. The second kappa shape index (κ2) is 11.9. The number of thioether (sulfide) groups is 1. The van der Waals surface area contributed by atoms with Gasteiger partial charge in [-0.1, -0.05) is 80.4 Å². The van der Waals surface area contributed by atoms with Crippen LogP contribution < -0.4 is 0 Å². The molecule has 0 saturated heterocycles. The van der Waals surface area contributed by atoms with Crippen LogP contribution in [-0.2, 0) is 11.3 Å². The molecule has 8 nitrogen and oxygen atoms in total. The highest BCUT2D eigenvalue weighted by atomic mass is 32.2. The number of ether oxygens (including phenoxy) is 1. The minimum atomic E-state index is -0.333. The molecule has 10 heteroatoms. The summed E-state index contributed by atoms with van der Waals surface area (Å²) < 4.78 is 7.29. The number of carbonyl (C=O) groups is 1. The third-order valence-electron chi connectivity index (χ3n) is 6.43. The Morgan fingerprint density at radius 3 is 2.68 bits per heavy atom. The number of tetrazole rings is 1. The quantitative estimate of drug-likeness (QED) is 0.111. The maximum atomic E-state index is 12.7. The number of H-pyrrole nitrogens is 1. The van der Waals surface area contributed by atoms with E-state index in [9.17, 15) is 4.79 Å². The number of nitrogens with zero attached hydrogens (tertiary/aromatic N) is 5. The van der Waals surface area contributed by atoms with Gasteiger partial charge in [-0.2, -0.15) is 5.21 Å². The number of carbonyl (C=O) groups excluding carboxylic acids is 1. The summed E-state index contributed by atoms with van der Waals surface area (Å²) in [5, 5.41) is 15.8. The van der Waals surface area contributed by atoms with Gasteiger partial charge in [0.15, 0.2) is 5.16 Å². The molecule has 3 aromatic heterocycles. The standard InChI is InChI=1S/C28H30N6O2S2/c1-4-5-6-10-15-37-28-29-23-18(2)38-25(27(35)36-3)24(23)34(28)17-19-13-14-21(20-11-8-7-9-12-20)22(16-19)26-30-32-33-31-26/h7-9,11-14,16H,4-6,10,15,17H2,1-3H3,(H,30,31,32,33). The lowest BCUT2D eigenvalue weighted by molar-refractivity contribution is 0.0608. The lowest BCUT2D eigenvalue weighted by Gasteiger charge is -2.13. The van der Waals surface area contributed by atoms with Gasteiger partial charge in [-0.05, 0) is 41.3 Å². The number of benzene rings is 2. The second-order valence-electron chi connectivity index (χ2n) is 9.05. The third kappa shape index (κ3) is 5.37. The van der Waals surface area contributed by atoms with Crippen LogP contribution in [0, 0.1) is 6.92 Å². The molecule has 0 aliphatic heterocycles. The first-order chi connectivity index (χ1) is 18.6. The van der Waals surface area contributed by atoms with E-state index in [1.807, 2.05) is 25.1 Å². The van der Waals surface area contributed by atoms with Gasteiger partial charge in [0.1, 0.15) is 10.4 Å². The zero-order chi connectivity index (χ0) is 26.5. The number of fused-ring (bicyclic) bond motifs is 1. The van der Waals surface area contributed by atoms with E-state index in [1.165, 1.54) is 37.7 Å². The second-order valence-corrected chi connectivity index (χ2v) is 11.3. The van der Waals surface area contributed by atoms with E-state index in [0.717, 1.165) is 55.5 Å². The van der Waals surface area contributed by atoms with Crippen molar-refractivity contribution in [3.05, 3.63) is 63.8 Å². The van der Waals surface area contributed by atoms with Crippen LogP contribution in [0.5, 0.6) is 0 Å². The highest BCUT2D eigenvalue weighted by molar-refractivity contribution is 7.99. The maximum absolute atomic E-state index is 12.7.